The van der Waals surface area contributed by atoms with Crippen molar-refractivity contribution in [2.24, 2.45) is 0 Å². The van der Waals surface area contributed by atoms with Crippen molar-refractivity contribution in [1.29, 1.82) is 0 Å². The molecule has 1 aliphatic rings. The van der Waals surface area contributed by atoms with Gasteiger partial charge < -0.3 is 4.31 Å². The predicted molar refractivity (Wildman–Crippen MR) is 57.8 cm³/mol. The molecule has 0 saturated heterocycles. The molecule has 2 rings (SSSR count). The van der Waals surface area contributed by atoms with Gasteiger partial charge in [-0.05, 0) is 31.0 Å². The smallest absolute Gasteiger partial charge is 0.0657 e. The van der Waals surface area contributed by atoms with E-state index in [0.29, 0.717) is 0 Å². The molecule has 0 atom stereocenters. The van der Waals surface area contributed by atoms with Crippen molar-refractivity contribution in [2.45, 2.75) is 6.92 Å². The van der Waals surface area contributed by atoms with E-state index in [4.69, 9.17) is 0 Å². The first kappa shape index (κ1) is 8.63. The van der Waals surface area contributed by atoms with Crippen LogP contribution < -0.4 is 4.31 Å². The van der Waals surface area contributed by atoms with E-state index < -0.39 is 0 Å². The lowest BCUT2D eigenvalue weighted by Gasteiger charge is -2.26. The number of rotatable bonds is 1. The molecule has 2 nitrogen and oxygen atoms in total. The summed E-state index contributed by atoms with van der Waals surface area (Å²) in [4.78, 5) is 4.11. The van der Waals surface area contributed by atoms with E-state index in [2.05, 4.69) is 28.4 Å². The van der Waals surface area contributed by atoms with Gasteiger partial charge in [0.1, 0.15) is 0 Å². The van der Waals surface area contributed by atoms with Gasteiger partial charge in [-0.15, -0.1) is 0 Å². The van der Waals surface area contributed by atoms with Gasteiger partial charge >= 0.3 is 0 Å². The van der Waals surface area contributed by atoms with Crippen LogP contribution in [0.4, 0.5) is 5.69 Å². The summed E-state index contributed by atoms with van der Waals surface area (Å²) in [7, 11) is 0. The summed E-state index contributed by atoms with van der Waals surface area (Å²) in [5, 5.41) is 0. The van der Waals surface area contributed by atoms with Crippen molar-refractivity contribution in [2.75, 3.05) is 16.6 Å². The largest absolute Gasteiger partial charge is 0.310 e. The van der Waals surface area contributed by atoms with E-state index in [1.165, 1.54) is 11.3 Å². The number of nitrogens with zero attached hydrogens (tertiary/aromatic N) is 2. The van der Waals surface area contributed by atoms with Gasteiger partial charge in [-0.3, -0.25) is 4.98 Å². The molecule has 68 valence electrons. The molecule has 0 fully saturated rings. The number of hydrogen-bond donors (Lipinski definition) is 0. The van der Waals surface area contributed by atoms with Crippen molar-refractivity contribution in [3.05, 3.63) is 36.2 Å². The second-order valence-corrected chi connectivity index (χ2v) is 4.13. The standard InChI is InChI=1S/C10H12N2S/c1-9-4-6-13-12(8-9)10-3-2-5-11-7-10/h2-5,7H,6,8H2,1H3. The van der Waals surface area contributed by atoms with Crippen LogP contribution in [0.25, 0.3) is 0 Å². The van der Waals surface area contributed by atoms with Crippen molar-refractivity contribution in [3.8, 4) is 0 Å². The second-order valence-electron chi connectivity index (χ2n) is 3.09. The van der Waals surface area contributed by atoms with E-state index >= 15 is 0 Å². The molecule has 0 amide bonds. The Morgan fingerprint density at radius 2 is 2.46 bits per heavy atom. The molecule has 1 aromatic heterocycles. The van der Waals surface area contributed by atoms with Crippen LogP contribution in [0.5, 0.6) is 0 Å². The van der Waals surface area contributed by atoms with Crippen molar-refractivity contribution in [1.82, 2.24) is 4.98 Å². The van der Waals surface area contributed by atoms with Gasteiger partial charge in [-0.1, -0.05) is 11.6 Å². The Labute approximate surface area is 82.8 Å². The van der Waals surface area contributed by atoms with E-state index in [-0.39, 0.29) is 0 Å². The molecule has 1 aliphatic heterocycles. The fraction of sp³-hybridized carbons (Fsp3) is 0.300. The zero-order valence-corrected chi connectivity index (χ0v) is 8.42. The number of aromatic nitrogens is 1. The van der Waals surface area contributed by atoms with Crippen LogP contribution in [-0.2, 0) is 0 Å². The molecule has 3 heteroatoms. The molecule has 0 saturated carbocycles. The summed E-state index contributed by atoms with van der Waals surface area (Å²) in [5.74, 6) is 1.07. The lowest BCUT2D eigenvalue weighted by atomic mass is 10.3. The minimum atomic E-state index is 1.01. The Morgan fingerprint density at radius 3 is 3.15 bits per heavy atom. The summed E-state index contributed by atoms with van der Waals surface area (Å²) in [6.45, 7) is 3.18. The first-order chi connectivity index (χ1) is 6.36. The molecule has 0 bridgehead atoms. The van der Waals surface area contributed by atoms with Gasteiger partial charge in [0, 0.05) is 11.9 Å². The number of pyridine rings is 1. The maximum atomic E-state index is 4.11. The molecule has 0 unspecified atom stereocenters. The second kappa shape index (κ2) is 3.83. The highest BCUT2D eigenvalue weighted by molar-refractivity contribution is 8.00. The minimum absolute atomic E-state index is 1.01. The topological polar surface area (TPSA) is 16.1 Å². The molecule has 2 heterocycles. The summed E-state index contributed by atoms with van der Waals surface area (Å²) in [6.07, 6.45) is 5.99. The van der Waals surface area contributed by atoms with Crippen molar-refractivity contribution < 1.29 is 0 Å². The molecule has 0 aromatic carbocycles. The van der Waals surface area contributed by atoms with Gasteiger partial charge in [0.15, 0.2) is 0 Å². The SMILES string of the molecule is CC1=CCSN(c2cccnc2)C1. The highest BCUT2D eigenvalue weighted by atomic mass is 32.2. The first-order valence-corrected chi connectivity index (χ1v) is 5.26. The summed E-state index contributed by atoms with van der Waals surface area (Å²) < 4.78 is 2.28. The highest BCUT2D eigenvalue weighted by Crippen LogP contribution is 2.25. The Hall–Kier alpha value is -0.960. The highest BCUT2D eigenvalue weighted by Gasteiger charge is 2.10. The Bertz CT molecular complexity index is 308. The Kier molecular flexibility index (Phi) is 2.54. The van der Waals surface area contributed by atoms with E-state index in [1.54, 1.807) is 6.20 Å². The third kappa shape index (κ3) is 2.04. The van der Waals surface area contributed by atoms with Gasteiger partial charge in [0.2, 0.25) is 0 Å². The molecular formula is C10H12N2S. The van der Waals surface area contributed by atoms with Gasteiger partial charge in [-0.2, -0.15) is 0 Å². The fourth-order valence-corrected chi connectivity index (χ4v) is 2.36. The number of anilines is 1. The third-order valence-electron chi connectivity index (χ3n) is 1.99. The van der Waals surface area contributed by atoms with Crippen LogP contribution in [-0.4, -0.2) is 17.3 Å². The normalized spacial score (nSPS) is 17.0. The summed E-state index contributed by atoms with van der Waals surface area (Å²) in [6, 6.07) is 4.07. The van der Waals surface area contributed by atoms with Crippen LogP contribution in [0.3, 0.4) is 0 Å². The monoisotopic (exact) mass is 192 g/mol. The van der Waals surface area contributed by atoms with Gasteiger partial charge in [-0.25, -0.2) is 0 Å². The lowest BCUT2D eigenvalue weighted by Crippen LogP contribution is -2.20. The minimum Gasteiger partial charge on any atom is -0.310 e. The van der Waals surface area contributed by atoms with Crippen LogP contribution in [0.1, 0.15) is 6.92 Å². The average Bonchev–Trinajstić information content (AvgIpc) is 2.19. The molecule has 0 spiro atoms. The predicted octanol–water partition coefficient (Wildman–Crippen LogP) is 2.50. The van der Waals surface area contributed by atoms with E-state index in [0.717, 1.165) is 12.3 Å². The zero-order chi connectivity index (χ0) is 9.10. The van der Waals surface area contributed by atoms with Gasteiger partial charge in [0.05, 0.1) is 18.4 Å². The van der Waals surface area contributed by atoms with Crippen LogP contribution in [0.2, 0.25) is 0 Å². The molecule has 0 N–H and O–H groups in total. The van der Waals surface area contributed by atoms with Crippen molar-refractivity contribution >= 4 is 17.6 Å². The number of hydrogen-bond acceptors (Lipinski definition) is 3. The summed E-state index contributed by atoms with van der Waals surface area (Å²) >= 11 is 1.84. The molecule has 1 aromatic rings. The maximum absolute atomic E-state index is 4.11. The Balaban J connectivity index is 2.15. The summed E-state index contributed by atoms with van der Waals surface area (Å²) in [5.41, 5.74) is 2.63. The van der Waals surface area contributed by atoms with Crippen LogP contribution >= 0.6 is 11.9 Å². The van der Waals surface area contributed by atoms with Crippen molar-refractivity contribution in [3.63, 3.8) is 0 Å². The maximum Gasteiger partial charge on any atom is 0.0657 e. The lowest BCUT2D eigenvalue weighted by molar-refractivity contribution is 1.08. The van der Waals surface area contributed by atoms with E-state index in [1.807, 2.05) is 24.2 Å². The molecule has 0 aliphatic carbocycles. The zero-order valence-electron chi connectivity index (χ0n) is 7.60. The quantitative estimate of drug-likeness (QED) is 0.502. The average molecular weight is 192 g/mol. The van der Waals surface area contributed by atoms with E-state index in [9.17, 15) is 0 Å². The third-order valence-corrected chi connectivity index (χ3v) is 2.96. The first-order valence-electron chi connectivity index (χ1n) is 4.32. The Morgan fingerprint density at radius 1 is 1.54 bits per heavy atom. The van der Waals surface area contributed by atoms with Crippen LogP contribution in [0.15, 0.2) is 36.2 Å². The molecule has 0 radical (unpaired) electrons. The van der Waals surface area contributed by atoms with Crippen LogP contribution in [0, 0.1) is 0 Å². The van der Waals surface area contributed by atoms with Gasteiger partial charge in [0.25, 0.3) is 0 Å². The fourth-order valence-electron chi connectivity index (χ4n) is 1.27. The molecule has 13 heavy (non-hydrogen) atoms. The molecular weight excluding hydrogens is 180 g/mol.